The first-order valence-corrected chi connectivity index (χ1v) is 21.8. The van der Waals surface area contributed by atoms with Gasteiger partial charge in [-0.15, -0.1) is 0 Å². The Morgan fingerprint density at radius 2 is 1.62 bits per heavy atom. The zero-order chi connectivity index (χ0) is 39.6. The predicted octanol–water partition coefficient (Wildman–Crippen LogP) is 7.83. The molecule has 16 heteroatoms. The van der Waals surface area contributed by atoms with E-state index in [0.29, 0.717) is 11.2 Å². The number of imidazole rings is 2. The number of ether oxygens (including phenoxy) is 4. The molecule has 2 N–H and O–H groups in total. The van der Waals surface area contributed by atoms with Gasteiger partial charge in [-0.05, 0) is 64.1 Å². The third kappa shape index (κ3) is 8.43. The number of nitrogens with zero attached hydrogens (tertiary/aromatic N) is 6. The third-order valence-corrected chi connectivity index (χ3v) is 15.1. The Hall–Kier alpha value is -4.90. The summed E-state index contributed by atoms with van der Waals surface area (Å²) >= 11 is 12.0. The topological polar surface area (TPSA) is 143 Å². The number of rotatable bonds is 12. The molecule has 292 valence electrons. The van der Waals surface area contributed by atoms with Crippen molar-refractivity contribution in [3.05, 3.63) is 120 Å². The summed E-state index contributed by atoms with van der Waals surface area (Å²) in [6, 6.07) is 26.3. The van der Waals surface area contributed by atoms with Crippen LogP contribution in [-0.4, -0.2) is 74.8 Å². The molecule has 0 bridgehead atoms. The number of aromatic nitrogens is 6. The minimum absolute atomic E-state index is 0.0251. The number of thiocarbonyl (C=S) groups is 1. The van der Waals surface area contributed by atoms with Crippen LogP contribution in [0.3, 0.4) is 0 Å². The van der Waals surface area contributed by atoms with Crippen molar-refractivity contribution in [2.75, 3.05) is 19.5 Å². The summed E-state index contributed by atoms with van der Waals surface area (Å²) in [4.78, 5) is 23.0. The summed E-state index contributed by atoms with van der Waals surface area (Å²) in [6.45, 7) is 10.9. The first kappa shape index (κ1) is 39.3. The van der Waals surface area contributed by atoms with Crippen molar-refractivity contribution in [3.63, 3.8) is 0 Å². The number of nitrogens with two attached hydrogens (primary N) is 1. The Morgan fingerprint density at radius 1 is 0.946 bits per heavy atom. The van der Waals surface area contributed by atoms with E-state index in [4.69, 9.17) is 57.8 Å². The minimum atomic E-state index is -2.51. The lowest BCUT2D eigenvalue weighted by Crippen LogP contribution is -2.50. The number of hydrogen-bond acceptors (Lipinski definition) is 12. The van der Waals surface area contributed by atoms with Gasteiger partial charge in [0.2, 0.25) is 5.28 Å². The molecule has 0 spiro atoms. The highest BCUT2D eigenvalue weighted by atomic mass is 35.5. The van der Waals surface area contributed by atoms with E-state index in [-0.39, 0.29) is 28.0 Å². The quantitative estimate of drug-likeness (QED) is 0.0731. The van der Waals surface area contributed by atoms with Crippen molar-refractivity contribution in [1.29, 1.82) is 0 Å². The molecular formula is C40H44ClN7O6SSi. The number of fused-ring (bicyclic) bond motifs is 1. The summed E-state index contributed by atoms with van der Waals surface area (Å²) in [6.07, 6.45) is 2.71. The van der Waals surface area contributed by atoms with E-state index in [1.807, 2.05) is 54.6 Å². The van der Waals surface area contributed by atoms with Crippen LogP contribution in [0.25, 0.3) is 22.3 Å². The molecule has 1 aliphatic heterocycles. The van der Waals surface area contributed by atoms with Gasteiger partial charge in [0, 0.05) is 18.4 Å². The SMILES string of the molecule is COc1ccc(-c2ccc([C@H](OC[C@H]3O[C@@H](n4cnc5c(N)nc(Cl)nc54)[C@H](O[Si](C)(C)C(C)(C)C)[C@@H]3OC(=S)On3ccnc3)c3ccccc3)cc2)cc1. The number of hydrogen-bond donors (Lipinski definition) is 1. The Morgan fingerprint density at radius 3 is 2.27 bits per heavy atom. The van der Waals surface area contributed by atoms with E-state index in [0.717, 1.165) is 28.0 Å². The standard InChI is InChI=1S/C40H44ClN7O6SSi/c1-40(2,3)56(5,6)54-34-33(52-39(55)53-47-21-20-43-23-47)30(51-37(34)48-24-44-31-35(42)45-38(41)46-36(31)48)22-50-32(27-10-8-7-9-11-27)28-14-12-25(13-15-28)26-16-18-29(49-4)19-17-26/h7-21,23-24,30,32-34,37H,22H2,1-6H3,(H2,42,45,46)/t30-,32-,33-,34-,37-/m1/s1. The van der Waals surface area contributed by atoms with Crippen molar-refractivity contribution in [2.24, 2.45) is 0 Å². The van der Waals surface area contributed by atoms with Gasteiger partial charge in [0.05, 0.1) is 26.2 Å². The van der Waals surface area contributed by atoms with Gasteiger partial charge in [0.25, 0.3) is 0 Å². The van der Waals surface area contributed by atoms with Crippen LogP contribution in [0.1, 0.15) is 44.2 Å². The van der Waals surface area contributed by atoms with Gasteiger partial charge in [-0.3, -0.25) is 4.57 Å². The normalized spacial score (nSPS) is 19.2. The molecule has 0 amide bonds. The molecule has 56 heavy (non-hydrogen) atoms. The highest BCUT2D eigenvalue weighted by Crippen LogP contribution is 2.44. The Kier molecular flexibility index (Phi) is 11.4. The molecule has 0 unspecified atom stereocenters. The van der Waals surface area contributed by atoms with Crippen LogP contribution in [0, 0.1) is 0 Å². The molecule has 0 aliphatic carbocycles. The predicted molar refractivity (Wildman–Crippen MR) is 220 cm³/mol. The summed E-state index contributed by atoms with van der Waals surface area (Å²) in [5, 5.41) is -0.346. The highest BCUT2D eigenvalue weighted by molar-refractivity contribution is 7.79. The average molecular weight is 814 g/mol. The smallest absolute Gasteiger partial charge is 0.378 e. The van der Waals surface area contributed by atoms with Gasteiger partial charge < -0.3 is 33.9 Å². The van der Waals surface area contributed by atoms with E-state index in [1.165, 1.54) is 11.1 Å². The summed E-state index contributed by atoms with van der Waals surface area (Å²) < 4.78 is 35.9. The second-order valence-corrected chi connectivity index (χ2v) is 20.4. The van der Waals surface area contributed by atoms with Gasteiger partial charge in [-0.25, -0.2) is 9.97 Å². The molecule has 7 rings (SSSR count). The molecule has 0 radical (unpaired) electrons. The van der Waals surface area contributed by atoms with E-state index < -0.39 is 39.0 Å². The molecule has 4 heterocycles. The van der Waals surface area contributed by atoms with Crippen LogP contribution in [0.2, 0.25) is 23.4 Å². The molecule has 13 nitrogen and oxygen atoms in total. The van der Waals surface area contributed by atoms with Crippen molar-refractivity contribution >= 4 is 54.4 Å². The van der Waals surface area contributed by atoms with Gasteiger partial charge in [-0.2, -0.15) is 14.7 Å². The fourth-order valence-electron chi connectivity index (χ4n) is 6.31. The molecule has 1 saturated heterocycles. The maximum absolute atomic E-state index is 7.17. The third-order valence-electron chi connectivity index (χ3n) is 10.3. The maximum Gasteiger partial charge on any atom is 0.378 e. The average Bonchev–Trinajstić information content (AvgIpc) is 3.92. The number of benzene rings is 3. The highest BCUT2D eigenvalue weighted by Gasteiger charge is 2.53. The molecule has 1 aliphatic rings. The fourth-order valence-corrected chi connectivity index (χ4v) is 7.96. The zero-order valence-corrected chi connectivity index (χ0v) is 34.5. The van der Waals surface area contributed by atoms with Gasteiger partial charge in [-0.1, -0.05) is 87.5 Å². The molecule has 5 atom stereocenters. The summed E-state index contributed by atoms with van der Waals surface area (Å²) in [5.41, 5.74) is 11.0. The second-order valence-electron chi connectivity index (χ2n) is 14.9. The van der Waals surface area contributed by atoms with Crippen LogP contribution in [0.4, 0.5) is 5.82 Å². The van der Waals surface area contributed by atoms with Crippen LogP contribution >= 0.6 is 23.8 Å². The number of nitrogen functional groups attached to an aromatic ring is 1. The van der Waals surface area contributed by atoms with Crippen molar-refractivity contribution < 1.29 is 28.2 Å². The van der Waals surface area contributed by atoms with Crippen LogP contribution in [0.5, 0.6) is 5.75 Å². The van der Waals surface area contributed by atoms with Gasteiger partial charge in [0.15, 0.2) is 32.1 Å². The largest absolute Gasteiger partial charge is 0.497 e. The van der Waals surface area contributed by atoms with E-state index in [9.17, 15) is 0 Å². The van der Waals surface area contributed by atoms with Crippen LogP contribution < -0.4 is 15.3 Å². The number of anilines is 1. The number of methoxy groups -OCH3 is 1. The van der Waals surface area contributed by atoms with Crippen molar-refractivity contribution in [2.45, 2.75) is 69.5 Å². The molecular weight excluding hydrogens is 770 g/mol. The Labute approximate surface area is 336 Å². The summed E-state index contributed by atoms with van der Waals surface area (Å²) in [7, 11) is -0.855. The van der Waals surface area contributed by atoms with Crippen molar-refractivity contribution in [3.8, 4) is 16.9 Å². The van der Waals surface area contributed by atoms with Crippen molar-refractivity contribution in [1.82, 2.24) is 29.2 Å². The molecule has 3 aromatic carbocycles. The molecule has 3 aromatic heterocycles. The van der Waals surface area contributed by atoms with E-state index in [2.05, 4.69) is 78.1 Å². The number of halogens is 1. The van der Waals surface area contributed by atoms with Gasteiger partial charge >= 0.3 is 5.24 Å². The molecule has 6 aromatic rings. The van der Waals surface area contributed by atoms with Crippen LogP contribution in [-0.2, 0) is 18.6 Å². The maximum atomic E-state index is 7.17. The lowest BCUT2D eigenvalue weighted by molar-refractivity contribution is -0.0757. The molecule has 1 fully saturated rings. The second kappa shape index (κ2) is 16.3. The zero-order valence-electron chi connectivity index (χ0n) is 31.9. The van der Waals surface area contributed by atoms with Crippen LogP contribution in [0.15, 0.2) is 104 Å². The van der Waals surface area contributed by atoms with E-state index >= 15 is 0 Å². The lowest BCUT2D eigenvalue weighted by Gasteiger charge is -2.40. The lowest BCUT2D eigenvalue weighted by atomic mass is 9.98. The summed E-state index contributed by atoms with van der Waals surface area (Å²) in [5.74, 6) is 0.944. The Bertz CT molecular complexity index is 2250. The first-order valence-electron chi connectivity index (χ1n) is 18.1. The minimum Gasteiger partial charge on any atom is -0.497 e. The monoisotopic (exact) mass is 813 g/mol. The first-order chi connectivity index (χ1) is 26.8. The Balaban J connectivity index is 1.25. The molecule has 0 saturated carbocycles. The van der Waals surface area contributed by atoms with Gasteiger partial charge in [0.1, 0.15) is 35.9 Å². The van der Waals surface area contributed by atoms with E-state index in [1.54, 1.807) is 30.4 Å². The fraction of sp³-hybridized carbons (Fsp3) is 0.325.